The SMILES string of the molecule is COC(=O)c1cc(OCC(=O)N(C)c2ccccc2C(=O)OC)c2cc(Cl)c(Cl)cc2c1. The summed E-state index contributed by atoms with van der Waals surface area (Å²) in [5.74, 6) is -1.31. The van der Waals surface area contributed by atoms with Crippen LogP contribution in [0.1, 0.15) is 20.7 Å². The third kappa shape index (κ3) is 4.79. The minimum Gasteiger partial charge on any atom is -0.483 e. The third-order valence-corrected chi connectivity index (χ3v) is 5.49. The molecule has 7 nitrogen and oxygen atoms in total. The molecule has 0 radical (unpaired) electrons. The van der Waals surface area contributed by atoms with E-state index in [9.17, 15) is 14.4 Å². The van der Waals surface area contributed by atoms with E-state index in [1.165, 1.54) is 32.2 Å². The van der Waals surface area contributed by atoms with Crippen LogP contribution in [-0.2, 0) is 14.3 Å². The number of fused-ring (bicyclic) bond motifs is 1. The number of methoxy groups -OCH3 is 2. The predicted molar refractivity (Wildman–Crippen MR) is 122 cm³/mol. The molecule has 9 heteroatoms. The number of carbonyl (C=O) groups is 3. The summed E-state index contributed by atoms with van der Waals surface area (Å²) in [5.41, 5.74) is 0.839. The fourth-order valence-corrected chi connectivity index (χ4v) is 3.43. The maximum atomic E-state index is 12.8. The summed E-state index contributed by atoms with van der Waals surface area (Å²) in [6.45, 7) is -0.369. The van der Waals surface area contributed by atoms with Crippen molar-refractivity contribution in [3.05, 3.63) is 69.7 Å². The van der Waals surface area contributed by atoms with Gasteiger partial charge in [0.15, 0.2) is 6.61 Å². The van der Waals surface area contributed by atoms with Crippen molar-refractivity contribution in [3.8, 4) is 5.75 Å². The van der Waals surface area contributed by atoms with E-state index in [0.29, 0.717) is 26.5 Å². The summed E-state index contributed by atoms with van der Waals surface area (Å²) >= 11 is 12.3. The molecular formula is C23H19Cl2NO6. The normalized spacial score (nSPS) is 10.5. The first-order chi connectivity index (χ1) is 15.3. The molecule has 0 aliphatic rings. The first kappa shape index (κ1) is 23.4. The Balaban J connectivity index is 1.91. The highest BCUT2D eigenvalue weighted by molar-refractivity contribution is 6.43. The Bertz CT molecular complexity index is 1210. The van der Waals surface area contributed by atoms with E-state index in [0.717, 1.165) is 0 Å². The quantitative estimate of drug-likeness (QED) is 0.477. The number of likely N-dealkylation sites (N-methyl/N-ethyl adjacent to an activating group) is 1. The van der Waals surface area contributed by atoms with E-state index in [-0.39, 0.29) is 23.5 Å². The van der Waals surface area contributed by atoms with E-state index in [1.54, 1.807) is 42.5 Å². The maximum absolute atomic E-state index is 12.8. The van der Waals surface area contributed by atoms with Gasteiger partial charge in [-0.2, -0.15) is 0 Å². The Morgan fingerprint density at radius 2 is 1.56 bits per heavy atom. The molecule has 3 rings (SSSR count). The number of esters is 2. The third-order valence-electron chi connectivity index (χ3n) is 4.77. The Hall–Kier alpha value is -3.29. The predicted octanol–water partition coefficient (Wildman–Crippen LogP) is 4.76. The first-order valence-electron chi connectivity index (χ1n) is 9.34. The van der Waals surface area contributed by atoms with Gasteiger partial charge in [-0.25, -0.2) is 9.59 Å². The molecule has 0 unspecified atom stereocenters. The van der Waals surface area contributed by atoms with Crippen molar-refractivity contribution in [2.45, 2.75) is 0 Å². The average molecular weight is 476 g/mol. The van der Waals surface area contributed by atoms with Gasteiger partial charge < -0.3 is 19.1 Å². The monoisotopic (exact) mass is 475 g/mol. The van der Waals surface area contributed by atoms with Gasteiger partial charge in [-0.05, 0) is 41.8 Å². The zero-order chi connectivity index (χ0) is 23.4. The number of para-hydroxylation sites is 1. The lowest BCUT2D eigenvalue weighted by atomic mass is 10.1. The van der Waals surface area contributed by atoms with Gasteiger partial charge in [-0.1, -0.05) is 35.3 Å². The highest BCUT2D eigenvalue weighted by Gasteiger charge is 2.20. The van der Waals surface area contributed by atoms with Crippen LogP contribution in [0.25, 0.3) is 10.8 Å². The van der Waals surface area contributed by atoms with Crippen molar-refractivity contribution in [1.29, 1.82) is 0 Å². The zero-order valence-corrected chi connectivity index (χ0v) is 19.0. The number of hydrogen-bond acceptors (Lipinski definition) is 6. The molecule has 1 amide bonds. The van der Waals surface area contributed by atoms with Crippen LogP contribution >= 0.6 is 23.2 Å². The van der Waals surface area contributed by atoms with Crippen LogP contribution in [0.5, 0.6) is 5.75 Å². The Morgan fingerprint density at radius 1 is 0.906 bits per heavy atom. The van der Waals surface area contributed by atoms with Crippen molar-refractivity contribution in [2.24, 2.45) is 0 Å². The van der Waals surface area contributed by atoms with Gasteiger partial charge in [0, 0.05) is 12.4 Å². The molecule has 0 saturated carbocycles. The summed E-state index contributed by atoms with van der Waals surface area (Å²) in [5, 5.41) is 1.76. The van der Waals surface area contributed by atoms with E-state index >= 15 is 0 Å². The molecule has 166 valence electrons. The van der Waals surface area contributed by atoms with Gasteiger partial charge >= 0.3 is 11.9 Å². The van der Waals surface area contributed by atoms with Crippen LogP contribution in [-0.4, -0.2) is 45.7 Å². The van der Waals surface area contributed by atoms with Crippen LogP contribution in [0.3, 0.4) is 0 Å². The summed E-state index contributed by atoms with van der Waals surface area (Å²) in [4.78, 5) is 38.2. The number of nitrogens with zero attached hydrogens (tertiary/aromatic N) is 1. The van der Waals surface area contributed by atoms with Gasteiger partial charge in [-0.3, -0.25) is 4.79 Å². The standard InChI is InChI=1S/C23H19Cl2NO6/c1-26(19-7-5-4-6-15(19)23(29)31-3)21(27)12-32-20-10-14(22(28)30-2)8-13-9-17(24)18(25)11-16(13)20/h4-11H,12H2,1-3H3. The number of carbonyl (C=O) groups excluding carboxylic acids is 3. The van der Waals surface area contributed by atoms with Crippen molar-refractivity contribution >= 4 is 57.5 Å². The molecule has 0 atom stereocenters. The van der Waals surface area contributed by atoms with Gasteiger partial charge in [-0.15, -0.1) is 0 Å². The molecule has 0 bridgehead atoms. The molecule has 3 aromatic carbocycles. The van der Waals surface area contributed by atoms with Gasteiger partial charge in [0.1, 0.15) is 5.75 Å². The number of amides is 1. The van der Waals surface area contributed by atoms with Crippen LogP contribution in [0, 0.1) is 0 Å². The topological polar surface area (TPSA) is 82.1 Å². The van der Waals surface area contributed by atoms with Crippen LogP contribution in [0.15, 0.2) is 48.5 Å². The number of hydrogen-bond donors (Lipinski definition) is 0. The summed E-state index contributed by atoms with van der Waals surface area (Å²) < 4.78 is 15.3. The van der Waals surface area contributed by atoms with Gasteiger partial charge in [0.25, 0.3) is 5.91 Å². The maximum Gasteiger partial charge on any atom is 0.339 e. The lowest BCUT2D eigenvalue weighted by molar-refractivity contribution is -0.120. The summed E-state index contributed by atoms with van der Waals surface area (Å²) in [6.07, 6.45) is 0. The van der Waals surface area contributed by atoms with E-state index in [2.05, 4.69) is 0 Å². The van der Waals surface area contributed by atoms with Gasteiger partial charge in [0.2, 0.25) is 0 Å². The second-order valence-corrected chi connectivity index (χ2v) is 7.52. The number of halogens is 2. The fraction of sp³-hybridized carbons (Fsp3) is 0.174. The minimum absolute atomic E-state index is 0.227. The molecule has 0 N–H and O–H groups in total. The first-order valence-corrected chi connectivity index (χ1v) is 10.1. The lowest BCUT2D eigenvalue weighted by Gasteiger charge is -2.20. The molecule has 0 heterocycles. The van der Waals surface area contributed by atoms with E-state index in [1.807, 2.05) is 0 Å². The second kappa shape index (κ2) is 9.89. The average Bonchev–Trinajstić information content (AvgIpc) is 2.81. The number of benzene rings is 3. The van der Waals surface area contributed by atoms with Crippen LogP contribution in [0.2, 0.25) is 10.0 Å². The molecule has 0 fully saturated rings. The Kier molecular flexibility index (Phi) is 7.22. The molecule has 0 spiro atoms. The second-order valence-electron chi connectivity index (χ2n) is 6.70. The smallest absolute Gasteiger partial charge is 0.339 e. The number of ether oxygens (including phenoxy) is 3. The molecular weight excluding hydrogens is 457 g/mol. The largest absolute Gasteiger partial charge is 0.483 e. The van der Waals surface area contributed by atoms with Crippen LogP contribution < -0.4 is 9.64 Å². The van der Waals surface area contributed by atoms with E-state index < -0.39 is 17.8 Å². The van der Waals surface area contributed by atoms with Crippen molar-refractivity contribution in [2.75, 3.05) is 32.8 Å². The highest BCUT2D eigenvalue weighted by atomic mass is 35.5. The van der Waals surface area contributed by atoms with Crippen LogP contribution in [0.4, 0.5) is 5.69 Å². The van der Waals surface area contributed by atoms with Crippen molar-refractivity contribution < 1.29 is 28.6 Å². The van der Waals surface area contributed by atoms with Crippen molar-refractivity contribution in [3.63, 3.8) is 0 Å². The molecule has 0 saturated heterocycles. The highest BCUT2D eigenvalue weighted by Crippen LogP contribution is 2.34. The molecule has 32 heavy (non-hydrogen) atoms. The molecule has 0 aliphatic heterocycles. The fourth-order valence-electron chi connectivity index (χ4n) is 3.10. The Morgan fingerprint density at radius 3 is 2.25 bits per heavy atom. The van der Waals surface area contributed by atoms with Crippen molar-refractivity contribution in [1.82, 2.24) is 0 Å². The van der Waals surface area contributed by atoms with Gasteiger partial charge in [0.05, 0.1) is 41.1 Å². The minimum atomic E-state index is -0.571. The summed E-state index contributed by atoms with van der Waals surface area (Å²) in [7, 11) is 4.05. The summed E-state index contributed by atoms with van der Waals surface area (Å²) in [6, 6.07) is 12.8. The Labute approximate surface area is 194 Å². The number of rotatable bonds is 6. The number of anilines is 1. The van der Waals surface area contributed by atoms with E-state index in [4.69, 9.17) is 37.4 Å². The molecule has 0 aromatic heterocycles. The molecule has 0 aliphatic carbocycles. The zero-order valence-electron chi connectivity index (χ0n) is 17.5. The molecule has 3 aromatic rings. The lowest BCUT2D eigenvalue weighted by Crippen LogP contribution is -2.32.